The first-order valence-corrected chi connectivity index (χ1v) is 5.29. The van der Waals surface area contributed by atoms with Gasteiger partial charge in [-0.15, -0.1) is 5.10 Å². The van der Waals surface area contributed by atoms with E-state index in [9.17, 15) is 9.50 Å². The van der Waals surface area contributed by atoms with E-state index >= 15 is 0 Å². The molecule has 0 unspecified atom stereocenters. The van der Waals surface area contributed by atoms with Gasteiger partial charge in [-0.25, -0.2) is 9.07 Å². The summed E-state index contributed by atoms with van der Waals surface area (Å²) >= 11 is 0. The molecule has 2 aromatic rings. The van der Waals surface area contributed by atoms with Gasteiger partial charge in [-0.05, 0) is 44.5 Å². The van der Waals surface area contributed by atoms with Crippen LogP contribution in [0.15, 0.2) is 24.4 Å². The largest absolute Gasteiger partial charge is 0.384 e. The van der Waals surface area contributed by atoms with Crippen molar-refractivity contribution in [2.45, 2.75) is 26.4 Å². The highest BCUT2D eigenvalue weighted by Crippen LogP contribution is 2.18. The van der Waals surface area contributed by atoms with Gasteiger partial charge in [0.2, 0.25) is 0 Å². The molecule has 0 saturated carbocycles. The summed E-state index contributed by atoms with van der Waals surface area (Å²) in [5, 5.41) is 17.5. The Kier molecular flexibility index (Phi) is 2.71. The van der Waals surface area contributed by atoms with Crippen molar-refractivity contribution in [1.82, 2.24) is 15.0 Å². The molecular weight excluding hydrogens is 221 g/mol. The molecule has 0 radical (unpaired) electrons. The maximum absolute atomic E-state index is 13.2. The van der Waals surface area contributed by atoms with Gasteiger partial charge in [-0.2, -0.15) is 0 Å². The molecule has 1 aromatic carbocycles. The zero-order chi connectivity index (χ0) is 12.6. The van der Waals surface area contributed by atoms with Crippen LogP contribution >= 0.6 is 0 Å². The van der Waals surface area contributed by atoms with E-state index in [1.807, 2.05) is 0 Å². The molecule has 1 heterocycles. The average molecular weight is 235 g/mol. The lowest BCUT2D eigenvalue weighted by atomic mass is 10.1. The molecule has 2 rings (SSSR count). The fourth-order valence-corrected chi connectivity index (χ4v) is 1.52. The fraction of sp³-hybridized carbons (Fsp3) is 0.333. The Hall–Kier alpha value is -1.75. The molecule has 1 N–H and O–H groups in total. The number of halogens is 1. The van der Waals surface area contributed by atoms with Crippen LogP contribution in [0.25, 0.3) is 5.69 Å². The first-order chi connectivity index (χ1) is 7.86. The van der Waals surface area contributed by atoms with Crippen molar-refractivity contribution >= 4 is 0 Å². The van der Waals surface area contributed by atoms with E-state index in [0.717, 1.165) is 5.56 Å². The lowest BCUT2D eigenvalue weighted by molar-refractivity contribution is 0.0737. The highest BCUT2D eigenvalue weighted by Gasteiger charge is 2.20. The lowest BCUT2D eigenvalue weighted by Gasteiger charge is -2.11. The third-order valence-corrected chi connectivity index (χ3v) is 2.41. The predicted octanol–water partition coefficient (Wildman–Crippen LogP) is 1.94. The van der Waals surface area contributed by atoms with Crippen LogP contribution in [-0.2, 0) is 5.60 Å². The average Bonchev–Trinajstić information content (AvgIpc) is 2.63. The van der Waals surface area contributed by atoms with Crippen LogP contribution < -0.4 is 0 Å². The number of aryl methyl sites for hydroxylation is 1. The molecule has 0 aliphatic heterocycles. The van der Waals surface area contributed by atoms with Crippen LogP contribution in [0.1, 0.15) is 25.1 Å². The first kappa shape index (κ1) is 11.7. The molecule has 0 aliphatic rings. The van der Waals surface area contributed by atoms with Gasteiger partial charge in [-0.3, -0.25) is 0 Å². The summed E-state index contributed by atoms with van der Waals surface area (Å²) in [5.41, 5.74) is 0.783. The van der Waals surface area contributed by atoms with Crippen LogP contribution in [0.4, 0.5) is 4.39 Å². The number of aliphatic hydroxyl groups is 1. The third kappa shape index (κ3) is 2.50. The molecule has 0 atom stereocenters. The minimum absolute atomic E-state index is 0.319. The SMILES string of the molecule is Cc1cc(F)cc(-n2cc(C(C)(C)O)nn2)c1. The maximum Gasteiger partial charge on any atom is 0.125 e. The van der Waals surface area contributed by atoms with E-state index in [-0.39, 0.29) is 5.82 Å². The Bertz CT molecular complexity index is 523. The molecule has 0 aliphatic carbocycles. The van der Waals surface area contributed by atoms with Crippen molar-refractivity contribution in [3.8, 4) is 5.69 Å². The summed E-state index contributed by atoms with van der Waals surface area (Å²) in [6.07, 6.45) is 1.59. The second kappa shape index (κ2) is 3.92. The highest BCUT2D eigenvalue weighted by atomic mass is 19.1. The van der Waals surface area contributed by atoms with Crippen LogP contribution in [0.5, 0.6) is 0 Å². The summed E-state index contributed by atoms with van der Waals surface area (Å²) in [6, 6.07) is 4.61. The molecule has 90 valence electrons. The number of aromatic nitrogens is 3. The smallest absolute Gasteiger partial charge is 0.125 e. The Morgan fingerprint density at radius 2 is 2.00 bits per heavy atom. The van der Waals surface area contributed by atoms with Crippen LogP contribution in [-0.4, -0.2) is 20.1 Å². The maximum atomic E-state index is 13.2. The number of rotatable bonds is 2. The van der Waals surface area contributed by atoms with Gasteiger partial charge in [0, 0.05) is 0 Å². The molecule has 0 spiro atoms. The normalized spacial score (nSPS) is 11.8. The molecule has 5 heteroatoms. The predicted molar refractivity (Wildman–Crippen MR) is 61.3 cm³/mol. The summed E-state index contributed by atoms with van der Waals surface area (Å²) in [7, 11) is 0. The van der Waals surface area contributed by atoms with E-state index in [1.54, 1.807) is 33.0 Å². The minimum Gasteiger partial charge on any atom is -0.384 e. The molecule has 4 nitrogen and oxygen atoms in total. The van der Waals surface area contributed by atoms with Crippen LogP contribution in [0.3, 0.4) is 0 Å². The van der Waals surface area contributed by atoms with Crippen LogP contribution in [0, 0.1) is 12.7 Å². The van der Waals surface area contributed by atoms with Gasteiger partial charge < -0.3 is 5.11 Å². The van der Waals surface area contributed by atoms with Crippen molar-refractivity contribution in [1.29, 1.82) is 0 Å². The quantitative estimate of drug-likeness (QED) is 0.865. The third-order valence-electron chi connectivity index (χ3n) is 2.41. The Morgan fingerprint density at radius 3 is 2.53 bits per heavy atom. The number of benzene rings is 1. The van der Waals surface area contributed by atoms with E-state index in [1.165, 1.54) is 16.8 Å². The summed E-state index contributed by atoms with van der Waals surface area (Å²) < 4.78 is 14.7. The van der Waals surface area contributed by atoms with Crippen molar-refractivity contribution in [3.63, 3.8) is 0 Å². The zero-order valence-corrected chi connectivity index (χ0v) is 9.98. The van der Waals surface area contributed by atoms with E-state index in [0.29, 0.717) is 11.4 Å². The molecule has 0 saturated heterocycles. The number of hydrogen-bond acceptors (Lipinski definition) is 3. The Morgan fingerprint density at radius 1 is 1.29 bits per heavy atom. The summed E-state index contributed by atoms with van der Waals surface area (Å²) in [4.78, 5) is 0. The van der Waals surface area contributed by atoms with Crippen molar-refractivity contribution in [2.75, 3.05) is 0 Å². The topological polar surface area (TPSA) is 50.9 Å². The Labute approximate surface area is 98.7 Å². The lowest BCUT2D eigenvalue weighted by Crippen LogP contribution is -2.15. The van der Waals surface area contributed by atoms with Gasteiger partial charge in [0.25, 0.3) is 0 Å². The van der Waals surface area contributed by atoms with Crippen molar-refractivity contribution < 1.29 is 9.50 Å². The molecule has 0 amide bonds. The second-order valence-corrected chi connectivity index (χ2v) is 4.59. The van der Waals surface area contributed by atoms with Gasteiger partial charge in [0.05, 0.1) is 11.9 Å². The van der Waals surface area contributed by atoms with Gasteiger partial charge in [0.1, 0.15) is 17.1 Å². The Balaban J connectivity index is 2.44. The zero-order valence-electron chi connectivity index (χ0n) is 9.98. The number of hydrogen-bond donors (Lipinski definition) is 1. The van der Waals surface area contributed by atoms with Crippen LogP contribution in [0.2, 0.25) is 0 Å². The molecular formula is C12H14FN3O. The van der Waals surface area contributed by atoms with Crippen molar-refractivity contribution in [3.05, 3.63) is 41.5 Å². The van der Waals surface area contributed by atoms with Gasteiger partial charge in [-0.1, -0.05) is 5.21 Å². The minimum atomic E-state index is -1.05. The summed E-state index contributed by atoms with van der Waals surface area (Å²) in [6.45, 7) is 5.05. The van der Waals surface area contributed by atoms with Crippen molar-refractivity contribution in [2.24, 2.45) is 0 Å². The van der Waals surface area contributed by atoms with E-state index in [2.05, 4.69) is 10.3 Å². The highest BCUT2D eigenvalue weighted by molar-refractivity contribution is 5.35. The molecule has 0 fully saturated rings. The van der Waals surface area contributed by atoms with E-state index in [4.69, 9.17) is 0 Å². The van der Waals surface area contributed by atoms with Gasteiger partial charge >= 0.3 is 0 Å². The molecule has 1 aromatic heterocycles. The molecule has 0 bridgehead atoms. The second-order valence-electron chi connectivity index (χ2n) is 4.59. The number of nitrogens with zero attached hydrogens (tertiary/aromatic N) is 3. The molecule has 17 heavy (non-hydrogen) atoms. The first-order valence-electron chi connectivity index (χ1n) is 5.29. The van der Waals surface area contributed by atoms with Gasteiger partial charge in [0.15, 0.2) is 0 Å². The standard InChI is InChI=1S/C12H14FN3O/c1-8-4-9(13)6-10(5-8)16-7-11(14-15-16)12(2,3)17/h4-7,17H,1-3H3. The monoisotopic (exact) mass is 235 g/mol. The fourth-order valence-electron chi connectivity index (χ4n) is 1.52. The van der Waals surface area contributed by atoms with E-state index < -0.39 is 5.60 Å². The summed E-state index contributed by atoms with van der Waals surface area (Å²) in [5.74, 6) is -0.319.